The van der Waals surface area contributed by atoms with Gasteiger partial charge in [-0.1, -0.05) is 6.07 Å². The second-order valence-electron chi connectivity index (χ2n) is 8.46. The van der Waals surface area contributed by atoms with Crippen LogP contribution >= 0.6 is 22.6 Å². The number of fused-ring (bicyclic) bond motifs is 2. The third-order valence-electron chi connectivity index (χ3n) is 6.11. The molecule has 170 valence electrons. The summed E-state index contributed by atoms with van der Waals surface area (Å²) in [6, 6.07) is 4.49. The van der Waals surface area contributed by atoms with Crippen LogP contribution in [-0.4, -0.2) is 39.7 Å². The van der Waals surface area contributed by atoms with Gasteiger partial charge in [-0.25, -0.2) is 18.1 Å². The second-order valence-corrected chi connectivity index (χ2v) is 11.7. The van der Waals surface area contributed by atoms with Gasteiger partial charge in [0, 0.05) is 23.1 Å². The predicted octanol–water partition coefficient (Wildman–Crippen LogP) is 2.70. The summed E-state index contributed by atoms with van der Waals surface area (Å²) in [7, 11) is -3.24. The summed E-state index contributed by atoms with van der Waals surface area (Å²) in [5, 5.41) is -0.254. The highest BCUT2D eigenvalue weighted by molar-refractivity contribution is 14.1. The minimum Gasteiger partial charge on any atom is -0.382 e. The van der Waals surface area contributed by atoms with Crippen molar-refractivity contribution in [3.05, 3.63) is 44.3 Å². The molecule has 11 heteroatoms. The standard InChI is InChI=1S/C21H24FIN6O2S/c22-21-27-19(24)18-20(28-21)29(8-2-7-25-32(30,31)15-5-6-15)17(26-18)11-14-9-12-3-1-4-13(12)10-16(14)23/h9-10,15,25H,1-8,11H2,(H2,24,27,28). The molecule has 0 radical (unpaired) electrons. The van der Waals surface area contributed by atoms with Gasteiger partial charge >= 0.3 is 6.08 Å². The van der Waals surface area contributed by atoms with Crippen LogP contribution in [0.5, 0.6) is 0 Å². The lowest BCUT2D eigenvalue weighted by atomic mass is 10.0. The van der Waals surface area contributed by atoms with Crippen LogP contribution in [-0.2, 0) is 35.8 Å². The van der Waals surface area contributed by atoms with E-state index in [1.54, 1.807) is 0 Å². The largest absolute Gasteiger partial charge is 0.382 e. The van der Waals surface area contributed by atoms with Crippen LogP contribution < -0.4 is 10.5 Å². The van der Waals surface area contributed by atoms with Crippen molar-refractivity contribution in [2.45, 2.75) is 56.7 Å². The Bertz CT molecular complexity index is 1310. The number of nitrogens with two attached hydrogens (primary N) is 1. The van der Waals surface area contributed by atoms with E-state index in [2.05, 4.69) is 54.4 Å². The van der Waals surface area contributed by atoms with Gasteiger partial charge in [0.1, 0.15) is 5.82 Å². The van der Waals surface area contributed by atoms with Crippen LogP contribution in [0.2, 0.25) is 0 Å². The highest BCUT2D eigenvalue weighted by Crippen LogP contribution is 2.29. The summed E-state index contributed by atoms with van der Waals surface area (Å²) in [5.41, 5.74) is 10.6. The van der Waals surface area contributed by atoms with E-state index in [-0.39, 0.29) is 11.1 Å². The van der Waals surface area contributed by atoms with Crippen LogP contribution in [0, 0.1) is 9.65 Å². The molecule has 3 aromatic rings. The molecule has 1 saturated carbocycles. The summed E-state index contributed by atoms with van der Waals surface area (Å²) >= 11 is 2.35. The number of aryl methyl sites for hydroxylation is 3. The van der Waals surface area contributed by atoms with E-state index in [4.69, 9.17) is 5.73 Å². The summed E-state index contributed by atoms with van der Waals surface area (Å²) in [6.07, 6.45) is 5.00. The van der Waals surface area contributed by atoms with Gasteiger partial charge in [-0.3, -0.25) is 0 Å². The molecule has 3 N–H and O–H groups in total. The Balaban J connectivity index is 1.43. The van der Waals surface area contributed by atoms with E-state index in [0.29, 0.717) is 42.9 Å². The van der Waals surface area contributed by atoms with Gasteiger partial charge in [-0.15, -0.1) is 0 Å². The fourth-order valence-electron chi connectivity index (χ4n) is 4.31. The van der Waals surface area contributed by atoms with Gasteiger partial charge < -0.3 is 10.3 Å². The van der Waals surface area contributed by atoms with Crippen LogP contribution in [0.15, 0.2) is 12.1 Å². The van der Waals surface area contributed by atoms with Crippen LogP contribution in [0.1, 0.15) is 48.2 Å². The Morgan fingerprint density at radius 2 is 1.94 bits per heavy atom. The molecule has 5 rings (SSSR count). The number of benzene rings is 1. The first-order chi connectivity index (χ1) is 15.3. The molecular weight excluding hydrogens is 546 g/mol. The highest BCUT2D eigenvalue weighted by Gasteiger charge is 2.35. The number of imidazole rings is 1. The zero-order valence-corrected chi connectivity index (χ0v) is 20.4. The Morgan fingerprint density at radius 3 is 2.69 bits per heavy atom. The van der Waals surface area contributed by atoms with Crippen molar-refractivity contribution in [1.82, 2.24) is 24.2 Å². The van der Waals surface area contributed by atoms with E-state index in [1.165, 1.54) is 21.1 Å². The summed E-state index contributed by atoms with van der Waals surface area (Å²) in [4.78, 5) is 12.2. The third kappa shape index (κ3) is 4.34. The Hall–Kier alpha value is -1.86. The minimum absolute atomic E-state index is 0.00517. The maximum Gasteiger partial charge on any atom is 0.312 e. The molecule has 0 amide bonds. The number of anilines is 1. The lowest BCUT2D eigenvalue weighted by molar-refractivity contribution is 0.539. The first-order valence-corrected chi connectivity index (χ1v) is 13.4. The SMILES string of the molecule is Nc1nc(F)nc2c1nc(Cc1cc3c(cc1I)CCC3)n2CCCNS(=O)(=O)C1CC1. The molecule has 1 fully saturated rings. The second kappa shape index (κ2) is 8.49. The molecule has 8 nitrogen and oxygen atoms in total. The zero-order valence-electron chi connectivity index (χ0n) is 17.4. The highest BCUT2D eigenvalue weighted by atomic mass is 127. The number of sulfonamides is 1. The van der Waals surface area contributed by atoms with Crippen LogP contribution in [0.3, 0.4) is 0 Å². The Kier molecular flexibility index (Phi) is 5.82. The molecule has 32 heavy (non-hydrogen) atoms. The molecule has 0 aliphatic heterocycles. The summed E-state index contributed by atoms with van der Waals surface area (Å²) in [6.45, 7) is 0.744. The fourth-order valence-corrected chi connectivity index (χ4v) is 6.45. The number of rotatable bonds is 8. The van der Waals surface area contributed by atoms with Crippen molar-refractivity contribution in [1.29, 1.82) is 0 Å². The number of hydrogen-bond donors (Lipinski definition) is 2. The maximum absolute atomic E-state index is 13.9. The van der Waals surface area contributed by atoms with Gasteiger partial charge in [0.05, 0.1) is 5.25 Å². The number of nitrogen functional groups attached to an aromatic ring is 1. The van der Waals surface area contributed by atoms with E-state index in [0.717, 1.165) is 31.2 Å². The molecule has 2 heterocycles. The van der Waals surface area contributed by atoms with Gasteiger partial charge in [0.15, 0.2) is 17.0 Å². The fraction of sp³-hybridized carbons (Fsp3) is 0.476. The molecule has 2 aromatic heterocycles. The molecular formula is C21H24FIN6O2S. The number of hydrogen-bond acceptors (Lipinski definition) is 6. The number of nitrogens with zero attached hydrogens (tertiary/aromatic N) is 4. The topological polar surface area (TPSA) is 116 Å². The first-order valence-electron chi connectivity index (χ1n) is 10.8. The first kappa shape index (κ1) is 22.0. The lowest BCUT2D eigenvalue weighted by Crippen LogP contribution is -2.28. The molecule has 2 aliphatic rings. The van der Waals surface area contributed by atoms with E-state index in [1.807, 2.05) is 4.57 Å². The van der Waals surface area contributed by atoms with Gasteiger partial charge in [-0.05, 0) is 83.9 Å². The molecule has 0 bridgehead atoms. The monoisotopic (exact) mass is 570 g/mol. The van der Waals surface area contributed by atoms with Crippen molar-refractivity contribution >= 4 is 49.6 Å². The Labute approximate surface area is 199 Å². The molecule has 0 atom stereocenters. The average molecular weight is 570 g/mol. The average Bonchev–Trinajstić information content (AvgIpc) is 3.42. The minimum atomic E-state index is -3.24. The summed E-state index contributed by atoms with van der Waals surface area (Å²) in [5.74, 6) is 0.720. The van der Waals surface area contributed by atoms with Crippen molar-refractivity contribution in [3.8, 4) is 0 Å². The zero-order chi connectivity index (χ0) is 22.5. The summed E-state index contributed by atoms with van der Waals surface area (Å²) < 4.78 is 43.8. The predicted molar refractivity (Wildman–Crippen MR) is 128 cm³/mol. The van der Waals surface area contributed by atoms with Crippen molar-refractivity contribution < 1.29 is 12.8 Å². The quantitative estimate of drug-likeness (QED) is 0.245. The Morgan fingerprint density at radius 1 is 1.19 bits per heavy atom. The van der Waals surface area contributed by atoms with Gasteiger partial charge in [0.2, 0.25) is 10.0 Å². The maximum atomic E-state index is 13.9. The smallest absolute Gasteiger partial charge is 0.312 e. The van der Waals surface area contributed by atoms with Crippen molar-refractivity contribution in [2.24, 2.45) is 0 Å². The number of nitrogens with one attached hydrogen (secondary N) is 1. The van der Waals surface area contributed by atoms with Gasteiger partial charge in [-0.2, -0.15) is 14.4 Å². The third-order valence-corrected chi connectivity index (χ3v) is 9.07. The van der Waals surface area contributed by atoms with E-state index in [9.17, 15) is 12.8 Å². The number of halogens is 2. The normalized spacial score (nSPS) is 16.1. The molecule has 0 saturated heterocycles. The van der Waals surface area contributed by atoms with Crippen molar-refractivity contribution in [3.63, 3.8) is 0 Å². The van der Waals surface area contributed by atoms with Gasteiger partial charge in [0.25, 0.3) is 0 Å². The van der Waals surface area contributed by atoms with Crippen LogP contribution in [0.25, 0.3) is 11.2 Å². The number of aromatic nitrogens is 4. The van der Waals surface area contributed by atoms with Crippen LogP contribution in [0.4, 0.5) is 10.2 Å². The van der Waals surface area contributed by atoms with E-state index < -0.39 is 16.1 Å². The molecule has 1 aromatic carbocycles. The molecule has 0 spiro atoms. The molecule has 0 unspecified atom stereocenters. The van der Waals surface area contributed by atoms with E-state index >= 15 is 0 Å². The van der Waals surface area contributed by atoms with Crippen molar-refractivity contribution in [2.75, 3.05) is 12.3 Å². The lowest BCUT2D eigenvalue weighted by Gasteiger charge is -2.12. The molecule has 2 aliphatic carbocycles.